The Balaban J connectivity index is 1.06. The maximum absolute atomic E-state index is 10.7. The molecule has 8 aromatic carbocycles. The minimum absolute atomic E-state index is 0.190. The second-order valence-corrected chi connectivity index (χ2v) is 15.6. The molecule has 0 spiro atoms. The highest BCUT2D eigenvalue weighted by atomic mass is 32.1. The maximum Gasteiger partial charge on any atom is 0.145 e. The molecular formula is C51H27N3OS. The molecule has 258 valence electrons. The monoisotopic (exact) mass is 729 g/mol. The summed E-state index contributed by atoms with van der Waals surface area (Å²) in [5.74, 6) is -0.190. The molecule has 12 rings (SSSR count). The SMILES string of the molecule is N#Cc1ccc2c(c1)-c1c(ccc3sc4ccccc4c13)C2c1c(C#N)cccc1-c1ccc(-n2c3ccccc3c3c4oc5ccccc5c4ccc32)cc1. The van der Waals surface area contributed by atoms with Crippen molar-refractivity contribution in [3.05, 3.63) is 186 Å². The van der Waals surface area contributed by atoms with Gasteiger partial charge in [0.1, 0.15) is 11.2 Å². The number of thiophene rings is 1. The first kappa shape index (κ1) is 31.0. The van der Waals surface area contributed by atoms with E-state index in [1.54, 1.807) is 11.3 Å². The van der Waals surface area contributed by atoms with E-state index in [0.29, 0.717) is 11.1 Å². The Morgan fingerprint density at radius 1 is 0.554 bits per heavy atom. The smallest absolute Gasteiger partial charge is 0.145 e. The van der Waals surface area contributed by atoms with Crippen molar-refractivity contribution in [2.45, 2.75) is 5.92 Å². The van der Waals surface area contributed by atoms with Gasteiger partial charge in [0.25, 0.3) is 0 Å². The quantitative estimate of drug-likeness (QED) is 0.182. The number of rotatable bonds is 3. The van der Waals surface area contributed by atoms with E-state index >= 15 is 0 Å². The summed E-state index contributed by atoms with van der Waals surface area (Å²) in [6.45, 7) is 0. The Labute approximate surface area is 324 Å². The van der Waals surface area contributed by atoms with Gasteiger partial charge in [-0.05, 0) is 106 Å². The number of para-hydroxylation sites is 2. The molecule has 1 atom stereocenters. The van der Waals surface area contributed by atoms with Crippen LogP contribution in [0.3, 0.4) is 0 Å². The van der Waals surface area contributed by atoms with Crippen molar-refractivity contribution in [3.63, 3.8) is 0 Å². The van der Waals surface area contributed by atoms with Crippen molar-refractivity contribution in [1.29, 1.82) is 10.5 Å². The van der Waals surface area contributed by atoms with Crippen molar-refractivity contribution in [1.82, 2.24) is 4.57 Å². The van der Waals surface area contributed by atoms with Crippen molar-refractivity contribution in [2.24, 2.45) is 0 Å². The molecule has 0 amide bonds. The van der Waals surface area contributed by atoms with Gasteiger partial charge in [-0.15, -0.1) is 11.3 Å². The van der Waals surface area contributed by atoms with E-state index < -0.39 is 0 Å². The molecule has 0 saturated carbocycles. The molecule has 1 aliphatic rings. The molecule has 0 N–H and O–H groups in total. The second-order valence-electron chi connectivity index (χ2n) is 14.6. The Bertz CT molecular complexity index is 3570. The van der Waals surface area contributed by atoms with Crippen molar-refractivity contribution < 1.29 is 4.42 Å². The third kappa shape index (κ3) is 4.15. The highest BCUT2D eigenvalue weighted by Crippen LogP contribution is 2.55. The van der Waals surface area contributed by atoms with Gasteiger partial charge in [0.2, 0.25) is 0 Å². The summed E-state index contributed by atoms with van der Waals surface area (Å²) >= 11 is 1.79. The van der Waals surface area contributed by atoms with Crippen LogP contribution in [0.5, 0.6) is 0 Å². The van der Waals surface area contributed by atoms with E-state index in [0.717, 1.165) is 88.4 Å². The molecule has 3 aromatic heterocycles. The number of nitriles is 2. The van der Waals surface area contributed by atoms with Crippen LogP contribution in [-0.2, 0) is 0 Å². The average Bonchev–Trinajstić information content (AvgIpc) is 4.00. The van der Waals surface area contributed by atoms with Crippen LogP contribution in [0.1, 0.15) is 33.7 Å². The molecule has 1 unspecified atom stereocenters. The summed E-state index contributed by atoms with van der Waals surface area (Å²) in [6.07, 6.45) is 0. The Morgan fingerprint density at radius 3 is 2.20 bits per heavy atom. The van der Waals surface area contributed by atoms with Crippen LogP contribution in [0.4, 0.5) is 0 Å². The van der Waals surface area contributed by atoms with Gasteiger partial charge >= 0.3 is 0 Å². The molecule has 3 heterocycles. The van der Waals surface area contributed by atoms with E-state index in [1.807, 2.05) is 36.4 Å². The van der Waals surface area contributed by atoms with Gasteiger partial charge < -0.3 is 8.98 Å². The molecule has 0 radical (unpaired) electrons. The first-order chi connectivity index (χ1) is 27.7. The lowest BCUT2D eigenvalue weighted by Crippen LogP contribution is -2.05. The van der Waals surface area contributed by atoms with Crippen LogP contribution < -0.4 is 0 Å². The fourth-order valence-corrected chi connectivity index (χ4v) is 10.6. The standard InChI is InChI=1S/C51H27N3OS/c52-27-29-16-21-35-40(26-29)48-39(23-25-45-50(48)38-11-3-6-15-44(38)56-45)47(35)46-31(28-53)8-7-12-33(46)30-17-19-32(20-18-30)54-41-13-4-1-10-37(41)49-42(54)24-22-36-34-9-2-5-14-43(34)55-51(36)49/h1-26,47H. The lowest BCUT2D eigenvalue weighted by molar-refractivity contribution is 0.673. The number of aromatic nitrogens is 1. The summed E-state index contributed by atoms with van der Waals surface area (Å²) < 4.78 is 11.3. The predicted octanol–water partition coefficient (Wildman–Crippen LogP) is 13.6. The second kappa shape index (κ2) is 11.5. The Morgan fingerprint density at radius 2 is 1.34 bits per heavy atom. The zero-order valence-electron chi connectivity index (χ0n) is 29.7. The van der Waals surface area contributed by atoms with Gasteiger partial charge in [-0.3, -0.25) is 0 Å². The number of furan rings is 1. The molecule has 0 aliphatic heterocycles. The number of fused-ring (bicyclic) bond motifs is 14. The first-order valence-electron chi connectivity index (χ1n) is 18.7. The third-order valence-electron chi connectivity index (χ3n) is 11.8. The zero-order valence-corrected chi connectivity index (χ0v) is 30.6. The predicted molar refractivity (Wildman–Crippen MR) is 229 cm³/mol. The number of benzene rings is 8. The van der Waals surface area contributed by atoms with E-state index in [4.69, 9.17) is 4.42 Å². The molecule has 0 bridgehead atoms. The maximum atomic E-state index is 10.7. The van der Waals surface area contributed by atoms with Crippen LogP contribution in [-0.4, -0.2) is 4.57 Å². The van der Waals surface area contributed by atoms with Crippen LogP contribution in [0.25, 0.3) is 91.9 Å². The highest BCUT2D eigenvalue weighted by molar-refractivity contribution is 7.26. The third-order valence-corrected chi connectivity index (χ3v) is 12.9. The van der Waals surface area contributed by atoms with Gasteiger partial charge in [-0.1, -0.05) is 91.0 Å². The van der Waals surface area contributed by atoms with Crippen molar-refractivity contribution in [2.75, 3.05) is 0 Å². The number of hydrogen-bond acceptors (Lipinski definition) is 4. The fraction of sp³-hybridized carbons (Fsp3) is 0.0196. The van der Waals surface area contributed by atoms with E-state index in [1.165, 1.54) is 20.2 Å². The molecule has 0 saturated heterocycles. The summed E-state index contributed by atoms with van der Waals surface area (Å²) in [4.78, 5) is 0. The largest absolute Gasteiger partial charge is 0.455 e. The van der Waals surface area contributed by atoms with Gasteiger partial charge in [0.05, 0.1) is 39.7 Å². The average molecular weight is 730 g/mol. The van der Waals surface area contributed by atoms with Crippen LogP contribution in [0.15, 0.2) is 162 Å². The van der Waals surface area contributed by atoms with Crippen molar-refractivity contribution in [3.8, 4) is 40.1 Å². The molecule has 5 heteroatoms. The van der Waals surface area contributed by atoms with E-state index in [-0.39, 0.29) is 5.92 Å². The van der Waals surface area contributed by atoms with Gasteiger partial charge in [0.15, 0.2) is 0 Å². The van der Waals surface area contributed by atoms with Crippen molar-refractivity contribution >= 4 is 75.3 Å². The van der Waals surface area contributed by atoms with E-state index in [2.05, 4.69) is 138 Å². The molecule has 11 aromatic rings. The molecule has 1 aliphatic carbocycles. The molecular weight excluding hydrogens is 703 g/mol. The Kier molecular flexibility index (Phi) is 6.38. The molecule has 4 nitrogen and oxygen atoms in total. The minimum atomic E-state index is -0.190. The summed E-state index contributed by atoms with van der Waals surface area (Å²) in [5.41, 5.74) is 13.8. The summed E-state index contributed by atoms with van der Waals surface area (Å²) in [7, 11) is 0. The van der Waals surface area contributed by atoms with E-state index in [9.17, 15) is 10.5 Å². The lowest BCUT2D eigenvalue weighted by atomic mass is 9.81. The minimum Gasteiger partial charge on any atom is -0.455 e. The Hall–Kier alpha value is -7.44. The lowest BCUT2D eigenvalue weighted by Gasteiger charge is -2.21. The molecule has 56 heavy (non-hydrogen) atoms. The molecule has 0 fully saturated rings. The fourth-order valence-electron chi connectivity index (χ4n) is 9.46. The topological polar surface area (TPSA) is 65.7 Å². The first-order valence-corrected chi connectivity index (χ1v) is 19.5. The van der Waals surface area contributed by atoms with Gasteiger partial charge in [-0.2, -0.15) is 10.5 Å². The summed E-state index contributed by atoms with van der Waals surface area (Å²) in [5, 5.41) is 27.6. The van der Waals surface area contributed by atoms with Gasteiger partial charge in [-0.25, -0.2) is 0 Å². The van der Waals surface area contributed by atoms with Gasteiger partial charge in [0, 0.05) is 47.9 Å². The van der Waals surface area contributed by atoms with Crippen LogP contribution in [0.2, 0.25) is 0 Å². The van der Waals surface area contributed by atoms with Crippen LogP contribution >= 0.6 is 11.3 Å². The number of nitrogens with zero attached hydrogens (tertiary/aromatic N) is 3. The normalized spacial score (nSPS) is 13.5. The highest BCUT2D eigenvalue weighted by Gasteiger charge is 2.35. The summed E-state index contributed by atoms with van der Waals surface area (Å²) in [6, 6.07) is 60.0. The van der Waals surface area contributed by atoms with Crippen LogP contribution in [0, 0.1) is 22.7 Å². The zero-order chi connectivity index (χ0) is 37.1. The number of hydrogen-bond donors (Lipinski definition) is 0.